The maximum absolute atomic E-state index is 2.50. The summed E-state index contributed by atoms with van der Waals surface area (Å²) in [6, 6.07) is 0. The molecule has 0 spiro atoms. The molecule has 1 heterocycles. The molecule has 68 valence electrons. The van der Waals surface area contributed by atoms with Crippen molar-refractivity contribution in [3.8, 4) is 0 Å². The van der Waals surface area contributed by atoms with Gasteiger partial charge in [0.2, 0.25) is 0 Å². The van der Waals surface area contributed by atoms with Crippen LogP contribution in [-0.2, 0) is 0 Å². The lowest BCUT2D eigenvalue weighted by Crippen LogP contribution is -2.00. The van der Waals surface area contributed by atoms with Crippen molar-refractivity contribution in [3.63, 3.8) is 0 Å². The summed E-state index contributed by atoms with van der Waals surface area (Å²) in [6.07, 6.45) is 10.2. The average Bonchev–Trinajstić information content (AvgIpc) is 2.58. The zero-order valence-corrected chi connectivity index (χ0v) is 9.90. The molecule has 2 heteroatoms. The number of rotatable bonds is 2. The third kappa shape index (κ3) is 2.12. The van der Waals surface area contributed by atoms with E-state index in [1.54, 1.807) is 0 Å². The highest BCUT2D eigenvalue weighted by Crippen LogP contribution is 2.41. The van der Waals surface area contributed by atoms with Crippen molar-refractivity contribution in [3.05, 3.63) is 34.8 Å². The highest BCUT2D eigenvalue weighted by atomic mass is 32.2. The van der Waals surface area contributed by atoms with Crippen molar-refractivity contribution >= 4 is 25.8 Å². The summed E-state index contributed by atoms with van der Waals surface area (Å²) in [4.78, 5) is 1.47. The van der Waals surface area contributed by atoms with Crippen LogP contribution in [0.15, 0.2) is 34.8 Å². The molecule has 1 unspecified atom stereocenters. The molecule has 0 N–H and O–H groups in total. The van der Waals surface area contributed by atoms with Gasteiger partial charge in [-0.15, -0.1) is 17.4 Å². The van der Waals surface area contributed by atoms with Crippen molar-refractivity contribution < 1.29 is 0 Å². The third-order valence-electron chi connectivity index (χ3n) is 2.21. The SMILES string of the molecule is C[Si](C)=CCC1C=C2C=CC=C2S1. The van der Waals surface area contributed by atoms with Gasteiger partial charge in [-0.25, -0.2) is 0 Å². The summed E-state index contributed by atoms with van der Waals surface area (Å²) in [6.45, 7) is 4.69. The smallest absolute Gasteiger partial charge is 0.0314 e. The number of thioether (sulfide) groups is 1. The number of allylic oxidation sites excluding steroid dienone is 4. The van der Waals surface area contributed by atoms with Crippen LogP contribution in [0, 0.1) is 0 Å². The van der Waals surface area contributed by atoms with Crippen LogP contribution in [-0.4, -0.2) is 19.3 Å². The topological polar surface area (TPSA) is 0 Å². The minimum Gasteiger partial charge on any atom is -0.118 e. The van der Waals surface area contributed by atoms with E-state index >= 15 is 0 Å². The lowest BCUT2D eigenvalue weighted by molar-refractivity contribution is 1.16. The molecule has 0 fully saturated rings. The Bertz CT molecular complexity index is 330. The molecule has 0 aromatic carbocycles. The fourth-order valence-corrected chi connectivity index (χ4v) is 3.59. The van der Waals surface area contributed by atoms with E-state index in [1.165, 1.54) is 16.9 Å². The highest BCUT2D eigenvalue weighted by Gasteiger charge is 2.20. The third-order valence-corrected chi connectivity index (χ3v) is 4.52. The predicted molar refractivity (Wildman–Crippen MR) is 64.8 cm³/mol. The Morgan fingerprint density at radius 3 is 3.08 bits per heavy atom. The van der Waals surface area contributed by atoms with Gasteiger partial charge in [-0.05, 0) is 26.5 Å². The van der Waals surface area contributed by atoms with Gasteiger partial charge >= 0.3 is 0 Å². The Kier molecular flexibility index (Phi) is 2.70. The van der Waals surface area contributed by atoms with Crippen LogP contribution in [0.25, 0.3) is 0 Å². The van der Waals surface area contributed by atoms with E-state index in [0.29, 0.717) is 5.25 Å². The van der Waals surface area contributed by atoms with Gasteiger partial charge in [0, 0.05) is 10.2 Å². The fraction of sp³-hybridized carbons (Fsp3) is 0.364. The van der Waals surface area contributed by atoms with Crippen LogP contribution >= 0.6 is 11.8 Å². The van der Waals surface area contributed by atoms with Crippen LogP contribution in [0.3, 0.4) is 0 Å². The first-order valence-corrected chi connectivity index (χ1v) is 8.12. The van der Waals surface area contributed by atoms with Gasteiger partial charge in [0.15, 0.2) is 0 Å². The van der Waals surface area contributed by atoms with Crippen LogP contribution in [0.2, 0.25) is 13.1 Å². The molecule has 1 aliphatic carbocycles. The first-order chi connectivity index (χ1) is 6.25. The lowest BCUT2D eigenvalue weighted by Gasteiger charge is -2.02. The second kappa shape index (κ2) is 3.80. The van der Waals surface area contributed by atoms with E-state index < -0.39 is 0 Å². The van der Waals surface area contributed by atoms with Gasteiger partial charge in [-0.1, -0.05) is 31.3 Å². The van der Waals surface area contributed by atoms with E-state index in [4.69, 9.17) is 0 Å². The molecule has 0 saturated carbocycles. The first kappa shape index (κ1) is 9.22. The van der Waals surface area contributed by atoms with Crippen molar-refractivity contribution in [2.45, 2.75) is 24.8 Å². The largest absolute Gasteiger partial charge is 0.118 e. The van der Waals surface area contributed by atoms with Crippen molar-refractivity contribution in [1.82, 2.24) is 0 Å². The summed E-state index contributed by atoms with van der Waals surface area (Å²) >= 11 is 2.01. The van der Waals surface area contributed by atoms with Crippen molar-refractivity contribution in [1.29, 1.82) is 0 Å². The second-order valence-electron chi connectivity index (χ2n) is 3.69. The minimum absolute atomic E-state index is 0.150. The van der Waals surface area contributed by atoms with E-state index in [0.717, 1.165) is 0 Å². The van der Waals surface area contributed by atoms with E-state index in [9.17, 15) is 0 Å². The Balaban J connectivity index is 2.00. The van der Waals surface area contributed by atoms with Crippen LogP contribution < -0.4 is 0 Å². The summed E-state index contributed by atoms with van der Waals surface area (Å²) in [5.41, 5.74) is 3.95. The number of hydrogen-bond donors (Lipinski definition) is 0. The molecule has 0 nitrogen and oxygen atoms in total. The standard InChI is InChI=1S/C11H14SSi/c1-13(2)7-6-10-8-9-4-3-5-11(9)12-10/h3-5,7-8,10H,6H2,1-2H3. The van der Waals surface area contributed by atoms with Crippen molar-refractivity contribution in [2.24, 2.45) is 0 Å². The molecule has 0 saturated heterocycles. The number of fused-ring (bicyclic) bond motifs is 1. The molecule has 2 rings (SSSR count). The molecule has 2 aliphatic rings. The Morgan fingerprint density at radius 1 is 1.54 bits per heavy atom. The molecule has 1 aliphatic heterocycles. The molecule has 0 aromatic rings. The maximum atomic E-state index is 2.50. The normalized spacial score (nSPS) is 24.0. The van der Waals surface area contributed by atoms with E-state index in [-0.39, 0.29) is 8.41 Å². The van der Waals surface area contributed by atoms with Crippen LogP contribution in [0.5, 0.6) is 0 Å². The molecule has 1 atom stereocenters. The monoisotopic (exact) mass is 206 g/mol. The molecular weight excluding hydrogens is 192 g/mol. The summed E-state index contributed by atoms with van der Waals surface area (Å²) < 4.78 is 0. The molecule has 0 aromatic heterocycles. The van der Waals surface area contributed by atoms with Crippen molar-refractivity contribution in [2.75, 3.05) is 0 Å². The zero-order valence-electron chi connectivity index (χ0n) is 8.08. The van der Waals surface area contributed by atoms with Gasteiger partial charge in [0.1, 0.15) is 0 Å². The lowest BCUT2D eigenvalue weighted by atomic mass is 10.2. The molecular formula is C11H14SSi. The molecule has 13 heavy (non-hydrogen) atoms. The fourth-order valence-electron chi connectivity index (χ4n) is 1.53. The Morgan fingerprint density at radius 2 is 2.38 bits per heavy atom. The summed E-state index contributed by atoms with van der Waals surface area (Å²) in [7, 11) is -0.150. The van der Waals surface area contributed by atoms with Crippen LogP contribution in [0.1, 0.15) is 6.42 Å². The van der Waals surface area contributed by atoms with Crippen LogP contribution in [0.4, 0.5) is 0 Å². The Labute approximate surface area is 85.6 Å². The number of hydrogen-bond acceptors (Lipinski definition) is 1. The molecule has 0 bridgehead atoms. The minimum atomic E-state index is -0.150. The maximum Gasteiger partial charge on any atom is 0.0314 e. The zero-order chi connectivity index (χ0) is 9.26. The predicted octanol–water partition coefficient (Wildman–Crippen LogP) is 3.01. The first-order valence-electron chi connectivity index (χ1n) is 4.66. The quantitative estimate of drug-likeness (QED) is 0.626. The summed E-state index contributed by atoms with van der Waals surface area (Å²) in [5, 5.41) is 0.714. The average molecular weight is 206 g/mol. The van der Waals surface area contributed by atoms with E-state index in [2.05, 4.69) is 43.1 Å². The van der Waals surface area contributed by atoms with Gasteiger partial charge in [0.05, 0.1) is 0 Å². The Hall–Kier alpha value is -0.343. The summed E-state index contributed by atoms with van der Waals surface area (Å²) in [5.74, 6) is 0. The van der Waals surface area contributed by atoms with Gasteiger partial charge in [-0.3, -0.25) is 0 Å². The highest BCUT2D eigenvalue weighted by molar-refractivity contribution is 8.04. The van der Waals surface area contributed by atoms with Gasteiger partial charge in [0.25, 0.3) is 0 Å². The second-order valence-corrected chi connectivity index (χ2v) is 7.53. The van der Waals surface area contributed by atoms with E-state index in [1.807, 2.05) is 11.8 Å². The van der Waals surface area contributed by atoms with Gasteiger partial charge < -0.3 is 0 Å². The molecule has 0 radical (unpaired) electrons. The molecule has 0 amide bonds. The van der Waals surface area contributed by atoms with Gasteiger partial charge in [-0.2, -0.15) is 0 Å².